The van der Waals surface area contributed by atoms with Crippen LogP contribution in [0.25, 0.3) is 0 Å². The van der Waals surface area contributed by atoms with Crippen molar-refractivity contribution in [2.75, 3.05) is 0 Å². The summed E-state index contributed by atoms with van der Waals surface area (Å²) in [5.74, 6) is 1.38. The quantitative estimate of drug-likeness (QED) is 0.604. The summed E-state index contributed by atoms with van der Waals surface area (Å²) in [7, 11) is 0. The topological polar surface area (TPSA) is 20.2 Å². The van der Waals surface area contributed by atoms with Crippen molar-refractivity contribution in [2.24, 2.45) is 22.7 Å². The van der Waals surface area contributed by atoms with E-state index in [1.807, 2.05) is 0 Å². The van der Waals surface area contributed by atoms with E-state index < -0.39 is 0 Å². The second-order valence-corrected chi connectivity index (χ2v) is 6.57. The number of hydrogen-bond donors (Lipinski definition) is 1. The Kier molecular flexibility index (Phi) is 1.77. The van der Waals surface area contributed by atoms with E-state index in [1.54, 1.807) is 0 Å². The fraction of sp³-hybridized carbons (Fsp3) is 0.857. The van der Waals surface area contributed by atoms with Gasteiger partial charge in [-0.05, 0) is 49.4 Å². The molecule has 1 heteroatoms. The van der Waals surface area contributed by atoms with Crippen LogP contribution in [0.5, 0.6) is 0 Å². The Balaban J connectivity index is 2.07. The first-order valence-corrected chi connectivity index (χ1v) is 6.36. The average molecular weight is 206 g/mol. The smallest absolute Gasteiger partial charge is 0.0602 e. The third-order valence-corrected chi connectivity index (χ3v) is 5.94. The SMILES string of the molecule is C=C1[C@H]2CC[C@@H](O)[C@@]23CCC(C3)C1(C)C. The lowest BCUT2D eigenvalue weighted by Gasteiger charge is -2.48. The minimum Gasteiger partial charge on any atom is -0.393 e. The van der Waals surface area contributed by atoms with Crippen LogP contribution >= 0.6 is 0 Å². The molecule has 3 saturated carbocycles. The van der Waals surface area contributed by atoms with Crippen molar-refractivity contribution in [3.63, 3.8) is 0 Å². The highest BCUT2D eigenvalue weighted by atomic mass is 16.3. The third-order valence-electron chi connectivity index (χ3n) is 5.94. The average Bonchev–Trinajstić information content (AvgIpc) is 2.72. The molecule has 3 aliphatic carbocycles. The van der Waals surface area contributed by atoms with Crippen LogP contribution in [0.4, 0.5) is 0 Å². The van der Waals surface area contributed by atoms with Crippen molar-refractivity contribution in [3.05, 3.63) is 12.2 Å². The molecule has 3 rings (SSSR count). The van der Waals surface area contributed by atoms with Gasteiger partial charge in [-0.25, -0.2) is 0 Å². The van der Waals surface area contributed by atoms with Crippen LogP contribution in [0.1, 0.15) is 46.0 Å². The molecule has 0 aromatic rings. The molecule has 1 nitrogen and oxygen atoms in total. The zero-order valence-corrected chi connectivity index (χ0v) is 9.92. The largest absolute Gasteiger partial charge is 0.393 e. The fourth-order valence-electron chi connectivity index (χ4n) is 4.71. The lowest BCUT2D eigenvalue weighted by molar-refractivity contribution is 0.00891. The zero-order chi connectivity index (χ0) is 10.8. The molecule has 4 atom stereocenters. The van der Waals surface area contributed by atoms with Gasteiger partial charge in [0.1, 0.15) is 0 Å². The molecule has 1 unspecified atom stereocenters. The molecule has 0 radical (unpaired) electrons. The summed E-state index contributed by atoms with van der Waals surface area (Å²) in [4.78, 5) is 0. The van der Waals surface area contributed by atoms with Crippen molar-refractivity contribution < 1.29 is 5.11 Å². The number of hydrogen-bond acceptors (Lipinski definition) is 1. The van der Waals surface area contributed by atoms with E-state index in [4.69, 9.17) is 0 Å². The van der Waals surface area contributed by atoms with Crippen LogP contribution in [0.15, 0.2) is 12.2 Å². The minimum absolute atomic E-state index is 0.0413. The van der Waals surface area contributed by atoms with Gasteiger partial charge in [-0.15, -0.1) is 0 Å². The Bertz CT molecular complexity index is 317. The van der Waals surface area contributed by atoms with Gasteiger partial charge in [0.15, 0.2) is 0 Å². The van der Waals surface area contributed by atoms with E-state index in [0.29, 0.717) is 11.3 Å². The first-order valence-electron chi connectivity index (χ1n) is 6.36. The van der Waals surface area contributed by atoms with Crippen molar-refractivity contribution in [1.82, 2.24) is 0 Å². The summed E-state index contributed by atoms with van der Waals surface area (Å²) in [6, 6.07) is 0. The molecule has 0 heterocycles. The minimum atomic E-state index is -0.0413. The summed E-state index contributed by atoms with van der Waals surface area (Å²) in [6.45, 7) is 9.09. The second-order valence-electron chi connectivity index (χ2n) is 6.57. The molecule has 84 valence electrons. The normalized spacial score (nSPS) is 51.9. The summed E-state index contributed by atoms with van der Waals surface area (Å²) in [6.07, 6.45) is 5.94. The van der Waals surface area contributed by atoms with Crippen LogP contribution in [0, 0.1) is 22.7 Å². The van der Waals surface area contributed by atoms with Gasteiger partial charge in [-0.1, -0.05) is 26.0 Å². The predicted molar refractivity (Wildman–Crippen MR) is 61.4 cm³/mol. The fourth-order valence-corrected chi connectivity index (χ4v) is 4.71. The highest BCUT2D eigenvalue weighted by molar-refractivity contribution is 5.27. The molecular weight excluding hydrogens is 184 g/mol. The molecule has 0 saturated heterocycles. The standard InChI is InChI=1S/C14H22O/c1-9-11-4-5-12(15)14(11)7-6-10(8-14)13(9,2)3/h10-12,15H,1,4-8H2,2-3H3/t10?,11-,12-,14-/m1/s1. The van der Waals surface area contributed by atoms with Crippen LogP contribution in [-0.2, 0) is 0 Å². The number of aliphatic hydroxyl groups is 1. The Morgan fingerprint density at radius 3 is 2.73 bits per heavy atom. The number of fused-ring (bicyclic) bond motifs is 1. The molecule has 3 fully saturated rings. The van der Waals surface area contributed by atoms with Crippen LogP contribution < -0.4 is 0 Å². The third kappa shape index (κ3) is 0.982. The number of aliphatic hydroxyl groups excluding tert-OH is 1. The first-order chi connectivity index (χ1) is 6.98. The van der Waals surface area contributed by atoms with Gasteiger partial charge < -0.3 is 5.11 Å². The van der Waals surface area contributed by atoms with Crippen molar-refractivity contribution in [1.29, 1.82) is 0 Å². The van der Waals surface area contributed by atoms with Gasteiger partial charge in [-0.2, -0.15) is 0 Å². The Labute approximate surface area is 92.6 Å². The lowest BCUT2D eigenvalue weighted by atomic mass is 9.57. The Hall–Kier alpha value is -0.300. The molecule has 3 aliphatic rings. The lowest BCUT2D eigenvalue weighted by Crippen LogP contribution is -2.42. The molecule has 0 amide bonds. The predicted octanol–water partition coefficient (Wildman–Crippen LogP) is 3.14. The molecule has 0 aromatic heterocycles. The summed E-state index contributed by atoms with van der Waals surface area (Å²) in [5, 5.41) is 10.2. The highest BCUT2D eigenvalue weighted by Gasteiger charge is 2.61. The maximum atomic E-state index is 10.2. The number of rotatable bonds is 0. The highest BCUT2D eigenvalue weighted by Crippen LogP contribution is 2.68. The van der Waals surface area contributed by atoms with E-state index >= 15 is 0 Å². The zero-order valence-electron chi connectivity index (χ0n) is 9.92. The van der Waals surface area contributed by atoms with Crippen LogP contribution in [0.2, 0.25) is 0 Å². The van der Waals surface area contributed by atoms with Gasteiger partial charge >= 0.3 is 0 Å². The molecule has 0 aromatic carbocycles. The van der Waals surface area contributed by atoms with Crippen LogP contribution in [0.3, 0.4) is 0 Å². The molecule has 0 aliphatic heterocycles. The molecule has 2 bridgehead atoms. The second kappa shape index (κ2) is 2.68. The molecular formula is C14H22O. The van der Waals surface area contributed by atoms with Crippen molar-refractivity contribution in [3.8, 4) is 0 Å². The van der Waals surface area contributed by atoms with E-state index in [9.17, 15) is 5.11 Å². The van der Waals surface area contributed by atoms with Gasteiger partial charge in [-0.3, -0.25) is 0 Å². The van der Waals surface area contributed by atoms with E-state index in [1.165, 1.54) is 31.3 Å². The molecule has 15 heavy (non-hydrogen) atoms. The monoisotopic (exact) mass is 206 g/mol. The van der Waals surface area contributed by atoms with E-state index in [2.05, 4.69) is 20.4 Å². The molecule has 1 spiro atoms. The van der Waals surface area contributed by atoms with Crippen LogP contribution in [-0.4, -0.2) is 11.2 Å². The van der Waals surface area contributed by atoms with Gasteiger partial charge in [0.2, 0.25) is 0 Å². The summed E-state index contributed by atoms with van der Waals surface area (Å²) in [5.41, 5.74) is 2.00. The number of allylic oxidation sites excluding steroid dienone is 1. The van der Waals surface area contributed by atoms with Crippen molar-refractivity contribution >= 4 is 0 Å². The van der Waals surface area contributed by atoms with Gasteiger partial charge in [0, 0.05) is 5.41 Å². The first kappa shape index (κ1) is 9.89. The Morgan fingerprint density at radius 1 is 1.27 bits per heavy atom. The van der Waals surface area contributed by atoms with E-state index in [-0.39, 0.29) is 11.5 Å². The van der Waals surface area contributed by atoms with E-state index in [0.717, 1.165) is 12.3 Å². The van der Waals surface area contributed by atoms with Gasteiger partial charge in [0.25, 0.3) is 0 Å². The molecule has 1 N–H and O–H groups in total. The maximum Gasteiger partial charge on any atom is 0.0602 e. The van der Waals surface area contributed by atoms with Crippen molar-refractivity contribution in [2.45, 2.75) is 52.1 Å². The summed E-state index contributed by atoms with van der Waals surface area (Å²) < 4.78 is 0. The summed E-state index contributed by atoms with van der Waals surface area (Å²) >= 11 is 0. The Morgan fingerprint density at radius 2 is 2.00 bits per heavy atom. The maximum absolute atomic E-state index is 10.2. The van der Waals surface area contributed by atoms with Gasteiger partial charge in [0.05, 0.1) is 6.10 Å².